The zero-order chi connectivity index (χ0) is 8.20. The van der Waals surface area contributed by atoms with Crippen LogP contribution in [0.15, 0.2) is 0 Å². The standard InChI is InChI=1S/C4H10O5S/c1-3-9-4(8-2)10(5,6)7/h4H,3H2,1-2H3,(H,5,6,7). The molecule has 0 aliphatic carbocycles. The molecule has 0 heterocycles. The molecule has 1 N–H and O–H groups in total. The van der Waals surface area contributed by atoms with E-state index in [-0.39, 0.29) is 6.61 Å². The fourth-order valence-corrected chi connectivity index (χ4v) is 0.963. The Kier molecular flexibility index (Phi) is 3.80. The predicted molar refractivity (Wildman–Crippen MR) is 34.0 cm³/mol. The minimum Gasteiger partial charge on any atom is -0.341 e. The number of methoxy groups -OCH3 is 1. The fourth-order valence-electron chi connectivity index (χ4n) is 0.412. The summed E-state index contributed by atoms with van der Waals surface area (Å²) >= 11 is 0. The lowest BCUT2D eigenvalue weighted by Crippen LogP contribution is -2.25. The van der Waals surface area contributed by atoms with E-state index in [2.05, 4.69) is 9.47 Å². The van der Waals surface area contributed by atoms with Crippen molar-refractivity contribution >= 4 is 10.1 Å². The second-order valence-electron chi connectivity index (χ2n) is 1.49. The fraction of sp³-hybridized carbons (Fsp3) is 1.00. The molecule has 62 valence electrons. The Labute approximate surface area is 59.7 Å². The number of hydrogen-bond acceptors (Lipinski definition) is 4. The van der Waals surface area contributed by atoms with Crippen LogP contribution in [0.1, 0.15) is 6.92 Å². The normalized spacial score (nSPS) is 15.1. The van der Waals surface area contributed by atoms with Gasteiger partial charge in [-0.25, -0.2) is 0 Å². The maximum absolute atomic E-state index is 10.3. The predicted octanol–water partition coefficient (Wildman–Crippen LogP) is -0.159. The van der Waals surface area contributed by atoms with Gasteiger partial charge in [0.1, 0.15) is 0 Å². The smallest absolute Gasteiger partial charge is 0.318 e. The maximum Gasteiger partial charge on any atom is 0.318 e. The molecule has 5 nitrogen and oxygen atoms in total. The van der Waals surface area contributed by atoms with Crippen LogP contribution in [0.2, 0.25) is 0 Å². The van der Waals surface area contributed by atoms with E-state index in [1.165, 1.54) is 0 Å². The molecule has 10 heavy (non-hydrogen) atoms. The molecule has 0 aromatic rings. The first-order valence-electron chi connectivity index (χ1n) is 2.63. The van der Waals surface area contributed by atoms with E-state index in [0.29, 0.717) is 0 Å². The van der Waals surface area contributed by atoms with Gasteiger partial charge < -0.3 is 9.47 Å². The molecule has 0 saturated carbocycles. The van der Waals surface area contributed by atoms with E-state index in [0.717, 1.165) is 7.11 Å². The van der Waals surface area contributed by atoms with Gasteiger partial charge in [0.25, 0.3) is 5.62 Å². The minimum absolute atomic E-state index is 0.165. The van der Waals surface area contributed by atoms with Crippen molar-refractivity contribution in [2.45, 2.75) is 12.5 Å². The molecule has 6 heteroatoms. The summed E-state index contributed by atoms with van der Waals surface area (Å²) in [6, 6.07) is 0. The van der Waals surface area contributed by atoms with Gasteiger partial charge in [0.2, 0.25) is 0 Å². The van der Waals surface area contributed by atoms with Crippen LogP contribution in [0.5, 0.6) is 0 Å². The highest BCUT2D eigenvalue weighted by molar-refractivity contribution is 7.86. The van der Waals surface area contributed by atoms with Crippen molar-refractivity contribution in [1.82, 2.24) is 0 Å². The SMILES string of the molecule is CCOC(OC)S(=O)(=O)O. The summed E-state index contributed by atoms with van der Waals surface area (Å²) in [7, 11) is -3.09. The van der Waals surface area contributed by atoms with Gasteiger partial charge in [-0.05, 0) is 6.92 Å². The lowest BCUT2D eigenvalue weighted by atomic mass is 10.9. The van der Waals surface area contributed by atoms with Crippen molar-refractivity contribution in [3.05, 3.63) is 0 Å². The molecule has 1 atom stereocenters. The van der Waals surface area contributed by atoms with Crippen LogP contribution >= 0.6 is 0 Å². The van der Waals surface area contributed by atoms with Crippen LogP contribution in [-0.4, -0.2) is 32.3 Å². The van der Waals surface area contributed by atoms with Gasteiger partial charge in [-0.2, -0.15) is 8.42 Å². The van der Waals surface area contributed by atoms with Gasteiger partial charge in [0.15, 0.2) is 0 Å². The second kappa shape index (κ2) is 3.87. The molecule has 0 aliphatic rings. The number of rotatable bonds is 4. The lowest BCUT2D eigenvalue weighted by Gasteiger charge is -2.10. The van der Waals surface area contributed by atoms with Crippen LogP contribution in [0.4, 0.5) is 0 Å². The molecule has 0 aliphatic heterocycles. The lowest BCUT2D eigenvalue weighted by molar-refractivity contribution is -0.0665. The van der Waals surface area contributed by atoms with E-state index in [1.54, 1.807) is 6.92 Å². The monoisotopic (exact) mass is 170 g/mol. The first-order valence-corrected chi connectivity index (χ1v) is 4.13. The average Bonchev–Trinajstić information content (AvgIpc) is 1.80. The Hall–Kier alpha value is -0.170. The summed E-state index contributed by atoms with van der Waals surface area (Å²) in [5.74, 6) is 0. The summed E-state index contributed by atoms with van der Waals surface area (Å²) in [5, 5.41) is 0. The molecule has 0 amide bonds. The molecule has 0 bridgehead atoms. The molecule has 0 aromatic carbocycles. The third-order valence-electron chi connectivity index (χ3n) is 0.738. The summed E-state index contributed by atoms with van der Waals surface area (Å²) in [6.45, 7) is 1.76. The van der Waals surface area contributed by atoms with Gasteiger partial charge in [-0.3, -0.25) is 4.55 Å². The largest absolute Gasteiger partial charge is 0.341 e. The van der Waals surface area contributed by atoms with Crippen molar-refractivity contribution < 1.29 is 22.4 Å². The highest BCUT2D eigenvalue weighted by atomic mass is 32.2. The van der Waals surface area contributed by atoms with E-state index in [4.69, 9.17) is 4.55 Å². The van der Waals surface area contributed by atoms with E-state index in [9.17, 15) is 8.42 Å². The molecule has 0 radical (unpaired) electrons. The van der Waals surface area contributed by atoms with Crippen LogP contribution in [-0.2, 0) is 19.6 Å². The highest BCUT2D eigenvalue weighted by Crippen LogP contribution is 2.00. The van der Waals surface area contributed by atoms with Gasteiger partial charge in [0, 0.05) is 13.7 Å². The maximum atomic E-state index is 10.3. The van der Waals surface area contributed by atoms with Crippen molar-refractivity contribution in [2.24, 2.45) is 0 Å². The number of ether oxygens (including phenoxy) is 2. The molecule has 1 unspecified atom stereocenters. The molecule has 0 aromatic heterocycles. The second-order valence-corrected chi connectivity index (χ2v) is 2.91. The van der Waals surface area contributed by atoms with Crippen LogP contribution in [0, 0.1) is 0 Å². The van der Waals surface area contributed by atoms with Gasteiger partial charge in [0.05, 0.1) is 0 Å². The molecule has 0 fully saturated rings. The summed E-state index contributed by atoms with van der Waals surface area (Å²) in [6.07, 6.45) is 0. The number of hydrogen-bond donors (Lipinski definition) is 1. The molecular formula is C4H10O5S. The van der Waals surface area contributed by atoms with Crippen LogP contribution < -0.4 is 0 Å². The first kappa shape index (κ1) is 9.83. The third-order valence-corrected chi connectivity index (χ3v) is 1.55. The molecule has 0 spiro atoms. The zero-order valence-corrected chi connectivity index (χ0v) is 6.59. The first-order chi connectivity index (χ1) is 4.52. The Bertz CT molecular complexity index is 172. The van der Waals surface area contributed by atoms with Gasteiger partial charge >= 0.3 is 10.1 Å². The summed E-state index contributed by atoms with van der Waals surface area (Å²) < 4.78 is 37.6. The Balaban J connectivity index is 4.08. The Morgan fingerprint density at radius 3 is 2.20 bits per heavy atom. The summed E-state index contributed by atoms with van der Waals surface area (Å²) in [4.78, 5) is 0. The van der Waals surface area contributed by atoms with Crippen LogP contribution in [0.3, 0.4) is 0 Å². The molecule has 0 saturated heterocycles. The van der Waals surface area contributed by atoms with E-state index < -0.39 is 15.7 Å². The Morgan fingerprint density at radius 1 is 1.60 bits per heavy atom. The van der Waals surface area contributed by atoms with E-state index in [1.807, 2.05) is 0 Å². The summed E-state index contributed by atoms with van der Waals surface area (Å²) in [5.41, 5.74) is -1.56. The van der Waals surface area contributed by atoms with Crippen molar-refractivity contribution in [1.29, 1.82) is 0 Å². The Morgan fingerprint density at radius 2 is 2.10 bits per heavy atom. The molecule has 0 rings (SSSR count). The minimum atomic E-state index is -4.22. The van der Waals surface area contributed by atoms with Crippen molar-refractivity contribution in [3.63, 3.8) is 0 Å². The third kappa shape index (κ3) is 3.11. The van der Waals surface area contributed by atoms with Gasteiger partial charge in [-0.15, -0.1) is 0 Å². The van der Waals surface area contributed by atoms with Crippen LogP contribution in [0.25, 0.3) is 0 Å². The highest BCUT2D eigenvalue weighted by Gasteiger charge is 2.21. The average molecular weight is 170 g/mol. The van der Waals surface area contributed by atoms with Crippen molar-refractivity contribution in [3.8, 4) is 0 Å². The quantitative estimate of drug-likeness (QED) is 0.469. The van der Waals surface area contributed by atoms with Crippen molar-refractivity contribution in [2.75, 3.05) is 13.7 Å². The molecular weight excluding hydrogens is 160 g/mol. The van der Waals surface area contributed by atoms with Gasteiger partial charge in [-0.1, -0.05) is 0 Å². The zero-order valence-electron chi connectivity index (χ0n) is 5.77. The van der Waals surface area contributed by atoms with E-state index >= 15 is 0 Å². The topological polar surface area (TPSA) is 72.8 Å².